The summed E-state index contributed by atoms with van der Waals surface area (Å²) in [6, 6.07) is 1.59. The molecule has 3 heterocycles. The molecule has 0 saturated carbocycles. The molecular weight excluding hydrogens is 340 g/mol. The third-order valence-corrected chi connectivity index (χ3v) is 4.99. The van der Waals surface area contributed by atoms with Gasteiger partial charge in [-0.2, -0.15) is 0 Å². The number of nitrogens with zero attached hydrogens (tertiary/aromatic N) is 4. The van der Waals surface area contributed by atoms with Crippen LogP contribution in [0.3, 0.4) is 0 Å². The van der Waals surface area contributed by atoms with Gasteiger partial charge in [-0.1, -0.05) is 6.08 Å². The van der Waals surface area contributed by atoms with E-state index in [0.717, 1.165) is 18.8 Å². The van der Waals surface area contributed by atoms with Crippen molar-refractivity contribution in [1.82, 2.24) is 19.2 Å². The van der Waals surface area contributed by atoms with E-state index in [1.807, 2.05) is 10.3 Å². The number of piperazine rings is 1. The Balaban J connectivity index is 1.56. The van der Waals surface area contributed by atoms with Crippen molar-refractivity contribution in [2.24, 2.45) is 0 Å². The lowest BCUT2D eigenvalue weighted by Crippen LogP contribution is -2.51. The molecule has 8 heteroatoms. The van der Waals surface area contributed by atoms with Crippen molar-refractivity contribution in [3.8, 4) is 0 Å². The largest absolute Gasteiger partial charge is 0.365 e. The molecule has 134 valence electrons. The molecule has 0 aromatic carbocycles. The zero-order valence-electron chi connectivity index (χ0n) is 14.3. The summed E-state index contributed by atoms with van der Waals surface area (Å²) in [7, 11) is 0. The number of thiazole rings is 1. The number of ether oxygens (including phenoxy) is 1. The Bertz CT molecular complexity index is 808. The van der Waals surface area contributed by atoms with Crippen molar-refractivity contribution in [3.05, 3.63) is 46.3 Å². The molecule has 0 aliphatic carbocycles. The molecule has 1 amide bonds. The van der Waals surface area contributed by atoms with Gasteiger partial charge in [-0.15, -0.1) is 17.9 Å². The second kappa shape index (κ2) is 7.90. The minimum Gasteiger partial charge on any atom is -0.365 e. The number of aromatic nitrogens is 2. The second-order valence-electron chi connectivity index (χ2n) is 6.01. The Kier molecular flexibility index (Phi) is 5.62. The van der Waals surface area contributed by atoms with Crippen LogP contribution in [0.1, 0.15) is 12.6 Å². The van der Waals surface area contributed by atoms with E-state index in [4.69, 9.17) is 4.74 Å². The quantitative estimate of drug-likeness (QED) is 0.717. The van der Waals surface area contributed by atoms with E-state index in [0.29, 0.717) is 31.2 Å². The van der Waals surface area contributed by atoms with Gasteiger partial charge in [0.15, 0.2) is 4.96 Å². The number of amides is 1. The SMILES string of the molecule is C=CCOC(C)C(=O)N1CCN(Cc2cc(=O)n3ccsc3n2)CC1. The molecular formula is C17H22N4O3S. The maximum atomic E-state index is 12.3. The lowest BCUT2D eigenvalue weighted by Gasteiger charge is -2.35. The van der Waals surface area contributed by atoms with Crippen LogP contribution in [0.4, 0.5) is 0 Å². The Morgan fingerprint density at radius 1 is 1.44 bits per heavy atom. The summed E-state index contributed by atoms with van der Waals surface area (Å²) in [5, 5.41) is 1.85. The van der Waals surface area contributed by atoms with E-state index in [1.54, 1.807) is 29.7 Å². The average Bonchev–Trinajstić information content (AvgIpc) is 3.09. The van der Waals surface area contributed by atoms with Gasteiger partial charge < -0.3 is 9.64 Å². The molecule has 0 bridgehead atoms. The Morgan fingerprint density at radius 2 is 2.20 bits per heavy atom. The third kappa shape index (κ3) is 4.15. The van der Waals surface area contributed by atoms with Gasteiger partial charge in [-0.05, 0) is 6.92 Å². The highest BCUT2D eigenvalue weighted by molar-refractivity contribution is 7.15. The number of hydrogen-bond acceptors (Lipinski definition) is 6. The molecule has 3 rings (SSSR count). The average molecular weight is 362 g/mol. The number of rotatable bonds is 6. The first kappa shape index (κ1) is 17.8. The Hall–Kier alpha value is -2.03. The predicted octanol–water partition coefficient (Wildman–Crippen LogP) is 0.991. The molecule has 1 saturated heterocycles. The maximum absolute atomic E-state index is 12.3. The fraction of sp³-hybridized carbons (Fsp3) is 0.471. The van der Waals surface area contributed by atoms with Gasteiger partial charge in [0.05, 0.1) is 12.3 Å². The molecule has 2 aromatic heterocycles. The van der Waals surface area contributed by atoms with Gasteiger partial charge in [0.2, 0.25) is 0 Å². The second-order valence-corrected chi connectivity index (χ2v) is 6.88. The zero-order valence-corrected chi connectivity index (χ0v) is 15.1. The van der Waals surface area contributed by atoms with Gasteiger partial charge in [-0.3, -0.25) is 18.9 Å². The first-order valence-electron chi connectivity index (χ1n) is 8.28. The van der Waals surface area contributed by atoms with Crippen LogP contribution in [-0.4, -0.2) is 64.0 Å². The van der Waals surface area contributed by atoms with Crippen molar-refractivity contribution >= 4 is 22.2 Å². The number of carbonyl (C=O) groups excluding carboxylic acids is 1. The summed E-state index contributed by atoms with van der Waals surface area (Å²) in [6.07, 6.45) is 2.92. The van der Waals surface area contributed by atoms with Crippen LogP contribution in [-0.2, 0) is 16.1 Å². The predicted molar refractivity (Wildman–Crippen MR) is 96.8 cm³/mol. The van der Waals surface area contributed by atoms with Crippen molar-refractivity contribution in [3.63, 3.8) is 0 Å². The van der Waals surface area contributed by atoms with Crippen molar-refractivity contribution in [2.75, 3.05) is 32.8 Å². The molecule has 1 aliphatic rings. The topological polar surface area (TPSA) is 67.2 Å². The normalized spacial score (nSPS) is 16.9. The van der Waals surface area contributed by atoms with Crippen LogP contribution >= 0.6 is 11.3 Å². The van der Waals surface area contributed by atoms with E-state index < -0.39 is 6.10 Å². The zero-order chi connectivity index (χ0) is 17.8. The summed E-state index contributed by atoms with van der Waals surface area (Å²) >= 11 is 1.45. The molecule has 0 N–H and O–H groups in total. The first-order valence-corrected chi connectivity index (χ1v) is 9.16. The number of hydrogen-bond donors (Lipinski definition) is 0. The van der Waals surface area contributed by atoms with Crippen molar-refractivity contribution in [1.29, 1.82) is 0 Å². The van der Waals surface area contributed by atoms with E-state index in [2.05, 4.69) is 16.5 Å². The lowest BCUT2D eigenvalue weighted by molar-refractivity contribution is -0.143. The summed E-state index contributed by atoms with van der Waals surface area (Å²) in [5.41, 5.74) is 0.721. The van der Waals surface area contributed by atoms with Gasteiger partial charge >= 0.3 is 0 Å². The van der Waals surface area contributed by atoms with Crippen LogP contribution in [0, 0.1) is 0 Å². The molecule has 0 spiro atoms. The molecule has 2 aromatic rings. The smallest absolute Gasteiger partial charge is 0.258 e. The molecule has 25 heavy (non-hydrogen) atoms. The highest BCUT2D eigenvalue weighted by atomic mass is 32.1. The lowest BCUT2D eigenvalue weighted by atomic mass is 10.2. The standard InChI is InChI=1S/C17H22N4O3S/c1-3-9-24-13(2)16(23)20-6-4-19(5-7-20)12-14-11-15(22)21-8-10-25-17(21)18-14/h3,8,10-11,13H,1,4-7,9,12H2,2H3. The molecule has 1 unspecified atom stereocenters. The minimum atomic E-state index is -0.451. The van der Waals surface area contributed by atoms with Crippen LogP contribution in [0.2, 0.25) is 0 Å². The summed E-state index contributed by atoms with van der Waals surface area (Å²) in [4.78, 5) is 33.7. The van der Waals surface area contributed by atoms with Crippen LogP contribution < -0.4 is 5.56 Å². The van der Waals surface area contributed by atoms with E-state index in [9.17, 15) is 9.59 Å². The fourth-order valence-electron chi connectivity index (χ4n) is 2.87. The van der Waals surface area contributed by atoms with Gasteiger partial charge in [0.25, 0.3) is 11.5 Å². The third-order valence-electron chi connectivity index (χ3n) is 4.24. The van der Waals surface area contributed by atoms with Crippen molar-refractivity contribution < 1.29 is 9.53 Å². The summed E-state index contributed by atoms with van der Waals surface area (Å²) in [6.45, 7) is 9.17. The van der Waals surface area contributed by atoms with E-state index >= 15 is 0 Å². The molecule has 7 nitrogen and oxygen atoms in total. The summed E-state index contributed by atoms with van der Waals surface area (Å²) in [5.74, 6) is 0.0119. The Labute approximate surface area is 150 Å². The highest BCUT2D eigenvalue weighted by Crippen LogP contribution is 2.11. The minimum absolute atomic E-state index is 0.0119. The summed E-state index contributed by atoms with van der Waals surface area (Å²) < 4.78 is 6.96. The van der Waals surface area contributed by atoms with Crippen LogP contribution in [0.15, 0.2) is 35.1 Å². The van der Waals surface area contributed by atoms with Crippen molar-refractivity contribution in [2.45, 2.75) is 19.6 Å². The fourth-order valence-corrected chi connectivity index (χ4v) is 3.60. The highest BCUT2D eigenvalue weighted by Gasteiger charge is 2.25. The monoisotopic (exact) mass is 362 g/mol. The maximum Gasteiger partial charge on any atom is 0.258 e. The molecule has 0 radical (unpaired) electrons. The molecule has 1 atom stereocenters. The number of carbonyl (C=O) groups is 1. The molecule has 1 aliphatic heterocycles. The van der Waals surface area contributed by atoms with E-state index in [-0.39, 0.29) is 11.5 Å². The molecule has 1 fully saturated rings. The number of fused-ring (bicyclic) bond motifs is 1. The van der Waals surface area contributed by atoms with Crippen LogP contribution in [0.25, 0.3) is 4.96 Å². The van der Waals surface area contributed by atoms with Gasteiger partial charge in [0, 0.05) is 50.4 Å². The van der Waals surface area contributed by atoms with Crippen LogP contribution in [0.5, 0.6) is 0 Å². The first-order chi connectivity index (χ1) is 12.1. The Morgan fingerprint density at radius 3 is 2.92 bits per heavy atom. The van der Waals surface area contributed by atoms with Gasteiger partial charge in [-0.25, -0.2) is 4.98 Å². The van der Waals surface area contributed by atoms with Gasteiger partial charge in [0.1, 0.15) is 6.10 Å². The van der Waals surface area contributed by atoms with E-state index in [1.165, 1.54) is 11.3 Å².